The zero-order valence-electron chi connectivity index (χ0n) is 12.2. The van der Waals surface area contributed by atoms with Gasteiger partial charge in [-0.2, -0.15) is 0 Å². The Labute approximate surface area is 116 Å². The zero-order chi connectivity index (χ0) is 13.8. The van der Waals surface area contributed by atoms with Gasteiger partial charge in [0.1, 0.15) is 5.75 Å². The maximum Gasteiger partial charge on any atom is 0.122 e. The third-order valence-electron chi connectivity index (χ3n) is 3.36. The first-order chi connectivity index (χ1) is 8.43. The number of benzene rings is 1. The number of hydrogen-bond donors (Lipinski definition) is 0. The minimum absolute atomic E-state index is 0.157. The Kier molecular flexibility index (Phi) is 5.52. The third-order valence-corrected chi connectivity index (χ3v) is 3.73. The largest absolute Gasteiger partial charge is 0.496 e. The standard InChI is InChI=1S/C16H25ClO/c1-6-7-12(11-17)14-10-13(16(2,3)4)8-9-15(14)18-5/h8-10,12H,6-7,11H2,1-5H3. The van der Waals surface area contributed by atoms with Gasteiger partial charge in [0, 0.05) is 11.8 Å². The van der Waals surface area contributed by atoms with Crippen molar-refractivity contribution < 1.29 is 4.74 Å². The summed E-state index contributed by atoms with van der Waals surface area (Å²) in [5.74, 6) is 1.99. The van der Waals surface area contributed by atoms with Gasteiger partial charge >= 0.3 is 0 Å². The minimum Gasteiger partial charge on any atom is -0.496 e. The molecule has 1 aromatic rings. The van der Waals surface area contributed by atoms with Crippen molar-refractivity contribution in [1.82, 2.24) is 0 Å². The van der Waals surface area contributed by atoms with E-state index < -0.39 is 0 Å². The van der Waals surface area contributed by atoms with Crippen molar-refractivity contribution in [2.45, 2.75) is 51.9 Å². The van der Waals surface area contributed by atoms with Crippen LogP contribution in [-0.2, 0) is 5.41 Å². The maximum absolute atomic E-state index is 6.12. The van der Waals surface area contributed by atoms with Gasteiger partial charge in [0.15, 0.2) is 0 Å². The van der Waals surface area contributed by atoms with E-state index in [-0.39, 0.29) is 5.41 Å². The fraction of sp³-hybridized carbons (Fsp3) is 0.625. The number of methoxy groups -OCH3 is 1. The molecule has 102 valence electrons. The monoisotopic (exact) mass is 268 g/mol. The molecule has 0 heterocycles. The zero-order valence-corrected chi connectivity index (χ0v) is 13.0. The van der Waals surface area contributed by atoms with Crippen LogP contribution in [0.1, 0.15) is 57.6 Å². The van der Waals surface area contributed by atoms with Crippen LogP contribution in [0.25, 0.3) is 0 Å². The molecule has 0 N–H and O–H groups in total. The van der Waals surface area contributed by atoms with Crippen LogP contribution in [0.5, 0.6) is 5.75 Å². The van der Waals surface area contributed by atoms with E-state index in [1.807, 2.05) is 0 Å². The molecule has 0 radical (unpaired) electrons. The molecule has 0 aliphatic carbocycles. The summed E-state index contributed by atoms with van der Waals surface area (Å²) in [5, 5.41) is 0. The Hall–Kier alpha value is -0.690. The lowest BCUT2D eigenvalue weighted by molar-refractivity contribution is 0.404. The minimum atomic E-state index is 0.157. The van der Waals surface area contributed by atoms with E-state index in [1.54, 1.807) is 7.11 Å². The molecule has 1 unspecified atom stereocenters. The molecule has 0 bridgehead atoms. The average Bonchev–Trinajstić information content (AvgIpc) is 2.34. The molecule has 18 heavy (non-hydrogen) atoms. The molecule has 2 heteroatoms. The SMILES string of the molecule is CCCC(CCl)c1cc(C(C)(C)C)ccc1OC. The van der Waals surface area contributed by atoms with Gasteiger partial charge in [-0.25, -0.2) is 0 Å². The van der Waals surface area contributed by atoms with Gasteiger partial charge in [-0.15, -0.1) is 11.6 Å². The van der Waals surface area contributed by atoms with E-state index in [9.17, 15) is 0 Å². The molecule has 0 aromatic heterocycles. The van der Waals surface area contributed by atoms with Crippen LogP contribution >= 0.6 is 11.6 Å². The molecule has 1 nitrogen and oxygen atoms in total. The quantitative estimate of drug-likeness (QED) is 0.674. The maximum atomic E-state index is 6.12. The molecule has 0 aliphatic rings. The number of ether oxygens (including phenoxy) is 1. The summed E-state index contributed by atoms with van der Waals surface area (Å²) in [6.07, 6.45) is 2.24. The summed E-state index contributed by atoms with van der Waals surface area (Å²) in [7, 11) is 1.73. The summed E-state index contributed by atoms with van der Waals surface area (Å²) in [6.45, 7) is 8.88. The Morgan fingerprint density at radius 1 is 1.28 bits per heavy atom. The summed E-state index contributed by atoms with van der Waals surface area (Å²) >= 11 is 6.12. The fourth-order valence-corrected chi connectivity index (χ4v) is 2.50. The number of halogens is 1. The van der Waals surface area contributed by atoms with Crippen molar-refractivity contribution in [3.63, 3.8) is 0 Å². The highest BCUT2D eigenvalue weighted by atomic mass is 35.5. The van der Waals surface area contributed by atoms with E-state index in [2.05, 4.69) is 45.9 Å². The summed E-state index contributed by atoms with van der Waals surface area (Å²) in [5.41, 5.74) is 2.75. The van der Waals surface area contributed by atoms with Crippen LogP contribution in [-0.4, -0.2) is 13.0 Å². The molecule has 0 saturated heterocycles. The lowest BCUT2D eigenvalue weighted by Gasteiger charge is -2.23. The van der Waals surface area contributed by atoms with E-state index in [0.717, 1.165) is 18.6 Å². The van der Waals surface area contributed by atoms with Crippen LogP contribution in [0.4, 0.5) is 0 Å². The molecular formula is C16H25ClO. The Morgan fingerprint density at radius 3 is 2.39 bits per heavy atom. The Bertz CT molecular complexity index is 379. The van der Waals surface area contributed by atoms with Crippen LogP contribution < -0.4 is 4.74 Å². The van der Waals surface area contributed by atoms with Crippen LogP contribution in [0.15, 0.2) is 18.2 Å². The van der Waals surface area contributed by atoms with Crippen molar-refractivity contribution in [1.29, 1.82) is 0 Å². The lowest BCUT2D eigenvalue weighted by Crippen LogP contribution is -2.13. The predicted molar refractivity (Wildman–Crippen MR) is 80.1 cm³/mol. The second-order valence-corrected chi connectivity index (χ2v) is 6.16. The van der Waals surface area contributed by atoms with Gasteiger partial charge in [0.2, 0.25) is 0 Å². The molecule has 1 rings (SSSR count). The molecule has 0 amide bonds. The first-order valence-corrected chi connectivity index (χ1v) is 7.21. The highest BCUT2D eigenvalue weighted by Gasteiger charge is 2.19. The van der Waals surface area contributed by atoms with Crippen LogP contribution in [0.3, 0.4) is 0 Å². The lowest BCUT2D eigenvalue weighted by atomic mass is 9.83. The third kappa shape index (κ3) is 3.65. The summed E-state index contributed by atoms with van der Waals surface area (Å²) in [4.78, 5) is 0. The molecule has 1 atom stereocenters. The second kappa shape index (κ2) is 6.47. The number of alkyl halides is 1. The van der Waals surface area contributed by atoms with Gasteiger partial charge < -0.3 is 4.74 Å². The van der Waals surface area contributed by atoms with Gasteiger partial charge in [0.05, 0.1) is 7.11 Å². The Morgan fingerprint density at radius 2 is 1.94 bits per heavy atom. The fourth-order valence-electron chi connectivity index (χ4n) is 2.18. The molecule has 0 spiro atoms. The first kappa shape index (κ1) is 15.4. The van der Waals surface area contributed by atoms with Gasteiger partial charge in [-0.3, -0.25) is 0 Å². The molecule has 0 fully saturated rings. The summed E-state index contributed by atoms with van der Waals surface area (Å²) in [6, 6.07) is 6.49. The van der Waals surface area contributed by atoms with Crippen molar-refractivity contribution >= 4 is 11.6 Å². The van der Waals surface area contributed by atoms with Gasteiger partial charge in [-0.05, 0) is 29.0 Å². The van der Waals surface area contributed by atoms with Crippen LogP contribution in [0.2, 0.25) is 0 Å². The molecule has 0 saturated carbocycles. The van der Waals surface area contributed by atoms with Crippen LogP contribution in [0, 0.1) is 0 Å². The highest BCUT2D eigenvalue weighted by Crippen LogP contribution is 2.34. The smallest absolute Gasteiger partial charge is 0.122 e. The summed E-state index contributed by atoms with van der Waals surface area (Å²) < 4.78 is 5.48. The van der Waals surface area contributed by atoms with Crippen molar-refractivity contribution in [3.8, 4) is 5.75 Å². The van der Waals surface area contributed by atoms with Crippen molar-refractivity contribution in [3.05, 3.63) is 29.3 Å². The highest BCUT2D eigenvalue weighted by molar-refractivity contribution is 6.18. The normalized spacial score (nSPS) is 13.4. The van der Waals surface area contributed by atoms with Gasteiger partial charge in [-0.1, -0.05) is 46.2 Å². The number of rotatable bonds is 5. The average molecular weight is 269 g/mol. The molecule has 1 aromatic carbocycles. The van der Waals surface area contributed by atoms with E-state index in [0.29, 0.717) is 11.8 Å². The van der Waals surface area contributed by atoms with E-state index >= 15 is 0 Å². The van der Waals surface area contributed by atoms with E-state index in [4.69, 9.17) is 16.3 Å². The molecule has 0 aliphatic heterocycles. The first-order valence-electron chi connectivity index (χ1n) is 6.68. The predicted octanol–water partition coefficient (Wildman–Crippen LogP) is 5.12. The second-order valence-electron chi connectivity index (χ2n) is 5.85. The number of hydrogen-bond acceptors (Lipinski definition) is 1. The topological polar surface area (TPSA) is 9.23 Å². The Balaban J connectivity index is 3.20. The van der Waals surface area contributed by atoms with E-state index in [1.165, 1.54) is 11.1 Å². The van der Waals surface area contributed by atoms with Crippen molar-refractivity contribution in [2.75, 3.05) is 13.0 Å². The van der Waals surface area contributed by atoms with Gasteiger partial charge in [0.25, 0.3) is 0 Å². The molecular weight excluding hydrogens is 244 g/mol. The van der Waals surface area contributed by atoms with Crippen molar-refractivity contribution in [2.24, 2.45) is 0 Å².